The van der Waals surface area contributed by atoms with Crippen LogP contribution in [0, 0.1) is 0 Å². The number of phenols is 1. The lowest BCUT2D eigenvalue weighted by molar-refractivity contribution is -0.116. The van der Waals surface area contributed by atoms with Crippen LogP contribution in [0.3, 0.4) is 0 Å². The summed E-state index contributed by atoms with van der Waals surface area (Å²) in [4.78, 5) is 12.2. The lowest BCUT2D eigenvalue weighted by atomic mass is 10.1. The third-order valence-corrected chi connectivity index (χ3v) is 7.16. The van der Waals surface area contributed by atoms with E-state index in [9.17, 15) is 18.3 Å². The number of halogens is 2. The van der Waals surface area contributed by atoms with E-state index in [1.807, 2.05) is 0 Å². The van der Waals surface area contributed by atoms with Crippen molar-refractivity contribution >= 4 is 50.5 Å². The van der Waals surface area contributed by atoms with Crippen LogP contribution < -0.4 is 10.0 Å². The number of benzene rings is 2. The number of carbonyl (C=O) groups excluding carboxylic acids is 1. The third-order valence-electron chi connectivity index (χ3n) is 5.20. The smallest absolute Gasteiger partial charge is 0.261 e. The van der Waals surface area contributed by atoms with Crippen LogP contribution in [-0.4, -0.2) is 19.4 Å². The summed E-state index contributed by atoms with van der Waals surface area (Å²) in [5.74, 6) is -0.462. The van der Waals surface area contributed by atoms with Crippen LogP contribution in [0.15, 0.2) is 41.3 Å². The number of anilines is 2. The van der Waals surface area contributed by atoms with Gasteiger partial charge in [-0.3, -0.25) is 9.52 Å². The first-order chi connectivity index (χ1) is 15.7. The van der Waals surface area contributed by atoms with Crippen LogP contribution in [0.2, 0.25) is 10.0 Å². The van der Waals surface area contributed by atoms with Crippen molar-refractivity contribution in [3.8, 4) is 5.75 Å². The Bertz CT molecular complexity index is 1010. The summed E-state index contributed by atoms with van der Waals surface area (Å²) in [6.07, 6.45) is 11.0. The highest BCUT2D eigenvalue weighted by molar-refractivity contribution is 7.92. The Hall–Kier alpha value is -1.96. The molecule has 0 aliphatic rings. The second kappa shape index (κ2) is 13.7. The minimum atomic E-state index is -3.95. The number of nitrogens with one attached hydrogen (secondary N) is 2. The Morgan fingerprint density at radius 2 is 1.45 bits per heavy atom. The van der Waals surface area contributed by atoms with E-state index in [2.05, 4.69) is 17.0 Å². The fraction of sp³-hybridized carbons (Fsp3) is 0.458. The van der Waals surface area contributed by atoms with Gasteiger partial charge in [-0.15, -0.1) is 0 Å². The van der Waals surface area contributed by atoms with E-state index in [0.29, 0.717) is 12.1 Å². The molecule has 3 N–H and O–H groups in total. The minimum Gasteiger partial charge on any atom is -0.505 e. The van der Waals surface area contributed by atoms with Gasteiger partial charge in [0.15, 0.2) is 5.75 Å². The summed E-state index contributed by atoms with van der Waals surface area (Å²) in [5, 5.41) is 12.2. The van der Waals surface area contributed by atoms with Gasteiger partial charge >= 0.3 is 0 Å². The molecule has 2 rings (SSSR count). The van der Waals surface area contributed by atoms with Gasteiger partial charge in [0.05, 0.1) is 20.6 Å². The molecule has 0 heterocycles. The van der Waals surface area contributed by atoms with Crippen molar-refractivity contribution in [2.24, 2.45) is 0 Å². The average Bonchev–Trinajstić information content (AvgIpc) is 2.76. The average molecular weight is 516 g/mol. The van der Waals surface area contributed by atoms with E-state index in [1.54, 1.807) is 12.1 Å². The second-order valence-electron chi connectivity index (χ2n) is 8.05. The monoisotopic (exact) mass is 514 g/mol. The van der Waals surface area contributed by atoms with Gasteiger partial charge in [0, 0.05) is 12.1 Å². The van der Waals surface area contributed by atoms with Gasteiger partial charge in [-0.25, -0.2) is 8.42 Å². The third kappa shape index (κ3) is 9.43. The van der Waals surface area contributed by atoms with Crippen molar-refractivity contribution in [1.29, 1.82) is 0 Å². The van der Waals surface area contributed by atoms with Crippen molar-refractivity contribution in [2.75, 3.05) is 10.0 Å². The number of hydrogen-bond acceptors (Lipinski definition) is 4. The first-order valence-electron chi connectivity index (χ1n) is 11.3. The lowest BCUT2D eigenvalue weighted by Crippen LogP contribution is -2.15. The van der Waals surface area contributed by atoms with Crippen molar-refractivity contribution in [2.45, 2.75) is 76.0 Å². The van der Waals surface area contributed by atoms with Gasteiger partial charge in [-0.2, -0.15) is 0 Å². The summed E-state index contributed by atoms with van der Waals surface area (Å²) in [6, 6.07) is 8.53. The number of rotatable bonds is 14. The molecule has 9 heteroatoms. The highest BCUT2D eigenvalue weighted by atomic mass is 35.5. The number of amides is 1. The molecule has 2 aromatic rings. The Morgan fingerprint density at radius 1 is 0.879 bits per heavy atom. The van der Waals surface area contributed by atoms with Crippen LogP contribution in [-0.2, 0) is 14.8 Å². The Balaban J connectivity index is 1.84. The molecule has 0 saturated carbocycles. The van der Waals surface area contributed by atoms with Gasteiger partial charge < -0.3 is 10.4 Å². The van der Waals surface area contributed by atoms with E-state index in [-0.39, 0.29) is 32.3 Å². The maximum atomic E-state index is 12.7. The topological polar surface area (TPSA) is 95.5 Å². The Kier molecular flexibility index (Phi) is 11.3. The first-order valence-corrected chi connectivity index (χ1v) is 13.6. The molecule has 1 amide bonds. The van der Waals surface area contributed by atoms with Crippen LogP contribution in [0.4, 0.5) is 11.4 Å². The van der Waals surface area contributed by atoms with Gasteiger partial charge in [0.1, 0.15) is 0 Å². The molecule has 0 aliphatic carbocycles. The minimum absolute atomic E-state index is 0.0244. The molecule has 0 bridgehead atoms. The highest BCUT2D eigenvalue weighted by Crippen LogP contribution is 2.35. The Labute approximate surface area is 206 Å². The summed E-state index contributed by atoms with van der Waals surface area (Å²) in [7, 11) is -3.95. The van der Waals surface area contributed by atoms with Crippen LogP contribution in [0.5, 0.6) is 5.75 Å². The molecular formula is C24H32Cl2N2O4S. The molecule has 0 saturated heterocycles. The van der Waals surface area contributed by atoms with Gasteiger partial charge in [-0.05, 0) is 36.8 Å². The maximum absolute atomic E-state index is 12.7. The molecule has 0 aromatic heterocycles. The fourth-order valence-corrected chi connectivity index (χ4v) is 4.97. The van der Waals surface area contributed by atoms with E-state index in [1.165, 1.54) is 62.8 Å². The largest absolute Gasteiger partial charge is 0.505 e. The van der Waals surface area contributed by atoms with E-state index < -0.39 is 10.0 Å². The molecule has 182 valence electrons. The summed E-state index contributed by atoms with van der Waals surface area (Å²) in [5.41, 5.74) is 0.517. The number of sulfonamides is 1. The van der Waals surface area contributed by atoms with Crippen LogP contribution in [0.1, 0.15) is 71.1 Å². The molecule has 0 aliphatic heterocycles. The molecular weight excluding hydrogens is 483 g/mol. The molecule has 0 spiro atoms. The van der Waals surface area contributed by atoms with Gasteiger partial charge in [0.25, 0.3) is 10.0 Å². The first kappa shape index (κ1) is 27.3. The predicted octanol–water partition coefficient (Wildman–Crippen LogP) is 7.36. The second-order valence-corrected chi connectivity index (χ2v) is 10.5. The normalized spacial score (nSPS) is 11.4. The van der Waals surface area contributed by atoms with E-state index >= 15 is 0 Å². The number of aromatic hydroxyl groups is 1. The lowest BCUT2D eigenvalue weighted by Gasteiger charge is -2.11. The number of hydrogen-bond donors (Lipinski definition) is 3. The molecule has 0 atom stereocenters. The van der Waals surface area contributed by atoms with E-state index in [4.69, 9.17) is 23.2 Å². The zero-order chi connectivity index (χ0) is 24.3. The zero-order valence-corrected chi connectivity index (χ0v) is 21.2. The van der Waals surface area contributed by atoms with Crippen molar-refractivity contribution < 1.29 is 18.3 Å². The van der Waals surface area contributed by atoms with Crippen molar-refractivity contribution in [1.82, 2.24) is 0 Å². The predicted molar refractivity (Wildman–Crippen MR) is 136 cm³/mol. The number of phenolic OH excluding ortho intramolecular Hbond substituents is 1. The van der Waals surface area contributed by atoms with Gasteiger partial charge in [-0.1, -0.05) is 87.6 Å². The fourth-order valence-electron chi connectivity index (χ4n) is 3.40. The number of carbonyl (C=O) groups is 1. The van der Waals surface area contributed by atoms with Crippen molar-refractivity contribution in [3.63, 3.8) is 0 Å². The zero-order valence-electron chi connectivity index (χ0n) is 18.9. The maximum Gasteiger partial charge on any atom is 0.261 e. The molecule has 6 nitrogen and oxygen atoms in total. The number of unbranched alkanes of at least 4 members (excludes halogenated alkanes) is 8. The molecule has 0 radical (unpaired) electrons. The van der Waals surface area contributed by atoms with Crippen LogP contribution in [0.25, 0.3) is 0 Å². The summed E-state index contributed by atoms with van der Waals surface area (Å²) in [6.45, 7) is 2.21. The molecule has 2 aromatic carbocycles. The summed E-state index contributed by atoms with van der Waals surface area (Å²) < 4.78 is 27.8. The molecule has 0 fully saturated rings. The Morgan fingerprint density at radius 3 is 2.06 bits per heavy atom. The quantitative estimate of drug-likeness (QED) is 0.181. The SMILES string of the molecule is CCCCCCCCCCCC(=O)Nc1cccc(S(=O)(=O)Nc2cc(Cl)c(O)c(Cl)c2)c1. The summed E-state index contributed by atoms with van der Waals surface area (Å²) >= 11 is 11.7. The van der Waals surface area contributed by atoms with Crippen molar-refractivity contribution in [3.05, 3.63) is 46.4 Å². The molecule has 33 heavy (non-hydrogen) atoms. The van der Waals surface area contributed by atoms with E-state index in [0.717, 1.165) is 19.3 Å². The molecule has 0 unspecified atom stereocenters. The standard InChI is InChI=1S/C24H32Cl2N2O4S/c1-2-3-4-5-6-7-8-9-10-14-23(29)27-18-12-11-13-20(15-18)33(31,32)28-19-16-21(25)24(30)22(26)17-19/h11-13,15-17,28,30H,2-10,14H2,1H3,(H,27,29). The van der Waals surface area contributed by atoms with Gasteiger partial charge in [0.2, 0.25) is 5.91 Å². The van der Waals surface area contributed by atoms with Crippen LogP contribution >= 0.6 is 23.2 Å². The highest BCUT2D eigenvalue weighted by Gasteiger charge is 2.17.